The molecular formula is C16H24N2O2S2. The number of aryl methyl sites for hydroxylation is 1. The van der Waals surface area contributed by atoms with Crippen molar-refractivity contribution < 1.29 is 9.53 Å². The van der Waals surface area contributed by atoms with Crippen molar-refractivity contribution in [2.75, 3.05) is 19.0 Å². The molecule has 1 saturated heterocycles. The molecule has 1 N–H and O–H groups in total. The third-order valence-corrected chi connectivity index (χ3v) is 5.64. The van der Waals surface area contributed by atoms with Gasteiger partial charge in [0, 0.05) is 17.5 Å². The zero-order valence-corrected chi connectivity index (χ0v) is 15.3. The molecular weight excluding hydrogens is 316 g/mol. The SMILES string of the molecule is CCc1c(C)sc(NC(=S)N2CCCC[C@@H]2C)c1C(=O)OC. The third-order valence-electron chi connectivity index (χ3n) is 4.24. The van der Waals surface area contributed by atoms with Crippen LogP contribution >= 0.6 is 23.6 Å². The molecule has 4 nitrogen and oxygen atoms in total. The Kier molecular flexibility index (Phi) is 5.81. The summed E-state index contributed by atoms with van der Waals surface area (Å²) in [6, 6.07) is 0.446. The normalized spacial score (nSPS) is 18.2. The van der Waals surface area contributed by atoms with Crippen molar-refractivity contribution in [3.63, 3.8) is 0 Å². The summed E-state index contributed by atoms with van der Waals surface area (Å²) in [6.45, 7) is 7.26. The summed E-state index contributed by atoms with van der Waals surface area (Å²) in [6.07, 6.45) is 4.39. The number of piperidine rings is 1. The summed E-state index contributed by atoms with van der Waals surface area (Å²) < 4.78 is 4.95. The predicted molar refractivity (Wildman–Crippen MR) is 96.0 cm³/mol. The molecule has 1 aromatic rings. The molecule has 122 valence electrons. The number of thiophene rings is 1. The zero-order chi connectivity index (χ0) is 16.3. The number of anilines is 1. The van der Waals surface area contributed by atoms with Gasteiger partial charge in [0.25, 0.3) is 0 Å². The maximum absolute atomic E-state index is 12.1. The third kappa shape index (κ3) is 3.43. The predicted octanol–water partition coefficient (Wildman–Crippen LogP) is 3.98. The van der Waals surface area contributed by atoms with Gasteiger partial charge in [0.05, 0.1) is 12.7 Å². The fraction of sp³-hybridized carbons (Fsp3) is 0.625. The number of nitrogens with zero attached hydrogens (tertiary/aromatic N) is 1. The molecule has 1 aromatic heterocycles. The second-order valence-electron chi connectivity index (χ2n) is 5.65. The quantitative estimate of drug-likeness (QED) is 0.666. The van der Waals surface area contributed by atoms with Crippen LogP contribution in [0.3, 0.4) is 0 Å². The summed E-state index contributed by atoms with van der Waals surface area (Å²) >= 11 is 7.15. The number of hydrogen-bond donors (Lipinski definition) is 1. The lowest BCUT2D eigenvalue weighted by molar-refractivity contribution is 0.0601. The number of esters is 1. The molecule has 22 heavy (non-hydrogen) atoms. The van der Waals surface area contributed by atoms with Crippen molar-refractivity contribution in [1.29, 1.82) is 0 Å². The van der Waals surface area contributed by atoms with Gasteiger partial charge in [0.15, 0.2) is 5.11 Å². The number of ether oxygens (including phenoxy) is 1. The lowest BCUT2D eigenvalue weighted by atomic mass is 10.0. The first-order valence-corrected chi connectivity index (χ1v) is 9.00. The van der Waals surface area contributed by atoms with E-state index in [0.717, 1.165) is 34.8 Å². The standard InChI is InChI=1S/C16H24N2O2S2/c1-5-12-11(3)22-14(13(12)15(19)20-4)17-16(21)18-9-7-6-8-10(18)2/h10H,5-9H2,1-4H3,(H,17,21)/t10-/m0/s1. The van der Waals surface area contributed by atoms with Gasteiger partial charge in [0.1, 0.15) is 5.00 Å². The minimum atomic E-state index is -0.293. The fourth-order valence-electron chi connectivity index (χ4n) is 2.98. The zero-order valence-electron chi connectivity index (χ0n) is 13.7. The number of carbonyl (C=O) groups is 1. The first-order valence-electron chi connectivity index (χ1n) is 7.77. The Bertz CT molecular complexity index is 569. The van der Waals surface area contributed by atoms with Crippen LogP contribution in [0.25, 0.3) is 0 Å². The molecule has 1 atom stereocenters. The Labute approximate surface area is 141 Å². The molecule has 0 aromatic carbocycles. The Morgan fingerprint density at radius 3 is 2.82 bits per heavy atom. The highest BCUT2D eigenvalue weighted by Crippen LogP contribution is 2.34. The van der Waals surface area contributed by atoms with E-state index in [2.05, 4.69) is 24.1 Å². The van der Waals surface area contributed by atoms with E-state index in [-0.39, 0.29) is 5.97 Å². The lowest BCUT2D eigenvalue weighted by Crippen LogP contribution is -2.44. The number of carbonyl (C=O) groups excluding carboxylic acids is 1. The van der Waals surface area contributed by atoms with Crippen LogP contribution in [-0.2, 0) is 11.2 Å². The van der Waals surface area contributed by atoms with Gasteiger partial charge in [-0.25, -0.2) is 4.79 Å². The van der Waals surface area contributed by atoms with Gasteiger partial charge in [-0.3, -0.25) is 0 Å². The molecule has 0 radical (unpaired) electrons. The van der Waals surface area contributed by atoms with Crippen molar-refractivity contribution in [2.45, 2.75) is 52.5 Å². The summed E-state index contributed by atoms with van der Waals surface area (Å²) in [4.78, 5) is 15.5. The first kappa shape index (κ1) is 17.2. The van der Waals surface area contributed by atoms with E-state index in [9.17, 15) is 4.79 Å². The topological polar surface area (TPSA) is 41.6 Å². The van der Waals surface area contributed by atoms with Crippen LogP contribution in [0.4, 0.5) is 5.00 Å². The van der Waals surface area contributed by atoms with Gasteiger partial charge in [-0.1, -0.05) is 6.92 Å². The van der Waals surface area contributed by atoms with E-state index in [1.807, 2.05) is 6.92 Å². The fourth-order valence-corrected chi connectivity index (χ4v) is 4.55. The molecule has 1 aliphatic rings. The summed E-state index contributed by atoms with van der Waals surface area (Å²) in [5, 5.41) is 4.82. The molecule has 0 amide bonds. The van der Waals surface area contributed by atoms with Crippen LogP contribution in [0.15, 0.2) is 0 Å². The number of likely N-dealkylation sites (tertiary alicyclic amines) is 1. The van der Waals surface area contributed by atoms with Crippen LogP contribution in [0.1, 0.15) is 53.9 Å². The van der Waals surface area contributed by atoms with E-state index < -0.39 is 0 Å². The minimum Gasteiger partial charge on any atom is -0.465 e. The molecule has 2 heterocycles. The largest absolute Gasteiger partial charge is 0.465 e. The molecule has 2 rings (SSSR count). The monoisotopic (exact) mass is 340 g/mol. The first-order chi connectivity index (χ1) is 10.5. The van der Waals surface area contributed by atoms with Gasteiger partial charge in [0.2, 0.25) is 0 Å². The maximum Gasteiger partial charge on any atom is 0.341 e. The highest BCUT2D eigenvalue weighted by molar-refractivity contribution is 7.80. The Hall–Kier alpha value is -1.14. The highest BCUT2D eigenvalue weighted by Gasteiger charge is 2.25. The number of methoxy groups -OCH3 is 1. The number of hydrogen-bond acceptors (Lipinski definition) is 4. The van der Waals surface area contributed by atoms with Crippen LogP contribution < -0.4 is 5.32 Å². The lowest BCUT2D eigenvalue weighted by Gasteiger charge is -2.35. The summed E-state index contributed by atoms with van der Waals surface area (Å²) in [5.74, 6) is -0.293. The molecule has 0 saturated carbocycles. The molecule has 1 fully saturated rings. The smallest absolute Gasteiger partial charge is 0.341 e. The second-order valence-corrected chi connectivity index (χ2v) is 7.27. The molecule has 1 aliphatic heterocycles. The number of rotatable bonds is 3. The molecule has 0 bridgehead atoms. The molecule has 0 unspecified atom stereocenters. The van der Waals surface area contributed by atoms with Gasteiger partial charge in [-0.2, -0.15) is 0 Å². The van der Waals surface area contributed by atoms with E-state index in [1.54, 1.807) is 11.3 Å². The highest BCUT2D eigenvalue weighted by atomic mass is 32.1. The minimum absolute atomic E-state index is 0.293. The molecule has 0 aliphatic carbocycles. The van der Waals surface area contributed by atoms with Crippen molar-refractivity contribution in [2.24, 2.45) is 0 Å². The number of nitrogens with one attached hydrogen (secondary N) is 1. The van der Waals surface area contributed by atoms with E-state index in [4.69, 9.17) is 17.0 Å². The molecule has 6 heteroatoms. The van der Waals surface area contributed by atoms with Gasteiger partial charge >= 0.3 is 5.97 Å². The van der Waals surface area contributed by atoms with E-state index in [0.29, 0.717) is 16.7 Å². The van der Waals surface area contributed by atoms with Crippen LogP contribution in [0, 0.1) is 6.92 Å². The van der Waals surface area contributed by atoms with Crippen LogP contribution in [0.2, 0.25) is 0 Å². The molecule has 0 spiro atoms. The summed E-state index contributed by atoms with van der Waals surface area (Å²) in [5.41, 5.74) is 1.69. The van der Waals surface area contributed by atoms with E-state index >= 15 is 0 Å². The van der Waals surface area contributed by atoms with Gasteiger partial charge < -0.3 is 15.0 Å². The Morgan fingerprint density at radius 1 is 1.50 bits per heavy atom. The second kappa shape index (κ2) is 7.42. The number of thiocarbonyl (C=S) groups is 1. The van der Waals surface area contributed by atoms with Gasteiger partial charge in [-0.15, -0.1) is 11.3 Å². The average molecular weight is 341 g/mol. The summed E-state index contributed by atoms with van der Waals surface area (Å²) in [7, 11) is 1.42. The van der Waals surface area contributed by atoms with Crippen molar-refractivity contribution >= 4 is 39.6 Å². The Morgan fingerprint density at radius 2 is 2.23 bits per heavy atom. The maximum atomic E-state index is 12.1. The van der Waals surface area contributed by atoms with E-state index in [1.165, 1.54) is 20.0 Å². The van der Waals surface area contributed by atoms with Crippen LogP contribution in [0.5, 0.6) is 0 Å². The van der Waals surface area contributed by atoms with Crippen molar-refractivity contribution in [3.8, 4) is 0 Å². The average Bonchev–Trinajstić information content (AvgIpc) is 2.82. The van der Waals surface area contributed by atoms with Crippen LogP contribution in [-0.4, -0.2) is 35.7 Å². The van der Waals surface area contributed by atoms with Crippen molar-refractivity contribution in [1.82, 2.24) is 4.90 Å². The van der Waals surface area contributed by atoms with Gasteiger partial charge in [-0.05, 0) is 57.3 Å². The van der Waals surface area contributed by atoms with Crippen molar-refractivity contribution in [3.05, 3.63) is 16.0 Å². The Balaban J connectivity index is 2.25.